The standard InChI is InChI=1S/C4H6F2I2/c1-3(5,6)4(2,7)8/h1-2H3. The summed E-state index contributed by atoms with van der Waals surface area (Å²) in [6.07, 6.45) is 0. The van der Waals surface area contributed by atoms with E-state index >= 15 is 0 Å². The van der Waals surface area contributed by atoms with Gasteiger partial charge in [0.2, 0.25) is 0 Å². The minimum absolute atomic E-state index is 0.922. The first-order valence-electron chi connectivity index (χ1n) is 2.01. The fraction of sp³-hybridized carbons (Fsp3) is 1.00. The molecule has 0 heterocycles. The second-order valence-electron chi connectivity index (χ2n) is 1.78. The zero-order chi connectivity index (χ0) is 7.00. The first-order chi connectivity index (χ1) is 3.25. The van der Waals surface area contributed by atoms with E-state index in [1.165, 1.54) is 6.92 Å². The highest BCUT2D eigenvalue weighted by Crippen LogP contribution is 2.41. The van der Waals surface area contributed by atoms with Crippen molar-refractivity contribution in [3.63, 3.8) is 0 Å². The van der Waals surface area contributed by atoms with Crippen LogP contribution in [0.4, 0.5) is 8.78 Å². The molecule has 0 rings (SSSR count). The summed E-state index contributed by atoms with van der Waals surface area (Å²) >= 11 is 3.44. The molecule has 0 aliphatic heterocycles. The van der Waals surface area contributed by atoms with Crippen molar-refractivity contribution in [3.8, 4) is 0 Å². The topological polar surface area (TPSA) is 0 Å². The van der Waals surface area contributed by atoms with Gasteiger partial charge in [-0.1, -0.05) is 45.2 Å². The van der Waals surface area contributed by atoms with Crippen molar-refractivity contribution < 1.29 is 8.78 Å². The van der Waals surface area contributed by atoms with Crippen molar-refractivity contribution in [2.75, 3.05) is 0 Å². The SMILES string of the molecule is CC(F)(F)C(C)(I)I. The number of halogens is 4. The molecule has 0 aromatic heterocycles. The summed E-state index contributed by atoms with van der Waals surface area (Å²) in [5.41, 5.74) is 0. The summed E-state index contributed by atoms with van der Waals surface area (Å²) in [6, 6.07) is 0. The molecule has 0 saturated heterocycles. The predicted octanol–water partition coefficient (Wildman–Crippen LogP) is 3.23. The number of alkyl halides is 4. The van der Waals surface area contributed by atoms with Crippen molar-refractivity contribution in [1.82, 2.24) is 0 Å². The first-order valence-corrected chi connectivity index (χ1v) is 4.16. The highest BCUT2D eigenvalue weighted by molar-refractivity contribution is 14.2. The zero-order valence-corrected chi connectivity index (χ0v) is 8.83. The molecular weight excluding hydrogens is 340 g/mol. The second-order valence-corrected chi connectivity index (χ2v) is 8.16. The van der Waals surface area contributed by atoms with Gasteiger partial charge < -0.3 is 0 Å². The van der Waals surface area contributed by atoms with E-state index in [2.05, 4.69) is 0 Å². The lowest BCUT2D eigenvalue weighted by Crippen LogP contribution is -2.30. The van der Waals surface area contributed by atoms with Crippen LogP contribution in [0.25, 0.3) is 0 Å². The van der Waals surface area contributed by atoms with E-state index < -0.39 is 7.35 Å². The maximum atomic E-state index is 12.2. The fourth-order valence-corrected chi connectivity index (χ4v) is 0. The summed E-state index contributed by atoms with van der Waals surface area (Å²) in [5.74, 6) is -2.59. The van der Waals surface area contributed by atoms with Gasteiger partial charge in [0.25, 0.3) is 5.92 Å². The van der Waals surface area contributed by atoms with E-state index in [-0.39, 0.29) is 0 Å². The summed E-state index contributed by atoms with van der Waals surface area (Å²) in [7, 11) is 0. The zero-order valence-electron chi connectivity index (χ0n) is 4.51. The average molecular weight is 346 g/mol. The van der Waals surface area contributed by atoms with Crippen LogP contribution in [0.15, 0.2) is 0 Å². The molecule has 0 radical (unpaired) electrons. The van der Waals surface area contributed by atoms with E-state index in [1.54, 1.807) is 45.2 Å². The van der Waals surface area contributed by atoms with Crippen LogP contribution in [-0.4, -0.2) is 7.35 Å². The lowest BCUT2D eigenvalue weighted by atomic mass is 10.3. The minimum Gasteiger partial charge on any atom is -0.205 e. The lowest BCUT2D eigenvalue weighted by Gasteiger charge is -2.21. The Bertz CT molecular complexity index is 67.0. The van der Waals surface area contributed by atoms with Crippen LogP contribution < -0.4 is 0 Å². The third-order valence-corrected chi connectivity index (χ3v) is 2.67. The number of hydrogen-bond donors (Lipinski definition) is 0. The van der Waals surface area contributed by atoms with Gasteiger partial charge in [0, 0.05) is 6.92 Å². The van der Waals surface area contributed by atoms with Gasteiger partial charge in [-0.2, -0.15) is 0 Å². The summed E-state index contributed by atoms with van der Waals surface area (Å²) < 4.78 is 23.5. The molecule has 8 heavy (non-hydrogen) atoms. The van der Waals surface area contributed by atoms with E-state index in [0.29, 0.717) is 0 Å². The van der Waals surface area contributed by atoms with E-state index in [9.17, 15) is 8.78 Å². The number of hydrogen-bond acceptors (Lipinski definition) is 0. The van der Waals surface area contributed by atoms with Crippen LogP contribution in [0.1, 0.15) is 13.8 Å². The van der Waals surface area contributed by atoms with Crippen LogP contribution >= 0.6 is 45.2 Å². The van der Waals surface area contributed by atoms with E-state index in [1.807, 2.05) is 0 Å². The molecule has 0 amide bonds. The normalized spacial score (nSPS) is 14.2. The van der Waals surface area contributed by atoms with Gasteiger partial charge in [0.15, 0.2) is 0 Å². The van der Waals surface area contributed by atoms with Gasteiger partial charge in [0.1, 0.15) is 1.43 Å². The van der Waals surface area contributed by atoms with Gasteiger partial charge in [-0.25, -0.2) is 8.78 Å². The molecule has 4 heteroatoms. The van der Waals surface area contributed by atoms with Crippen LogP contribution in [0.2, 0.25) is 0 Å². The quantitative estimate of drug-likeness (QED) is 0.505. The van der Waals surface area contributed by atoms with Gasteiger partial charge in [-0.3, -0.25) is 0 Å². The van der Waals surface area contributed by atoms with Crippen LogP contribution in [0.3, 0.4) is 0 Å². The van der Waals surface area contributed by atoms with Crippen molar-refractivity contribution in [2.45, 2.75) is 21.2 Å². The molecule has 50 valence electrons. The Labute approximate surface area is 74.7 Å². The largest absolute Gasteiger partial charge is 0.268 e. The summed E-state index contributed by atoms with van der Waals surface area (Å²) in [5, 5.41) is 0. The molecule has 0 N–H and O–H groups in total. The fourth-order valence-electron chi connectivity index (χ4n) is 0. The van der Waals surface area contributed by atoms with Crippen molar-refractivity contribution >= 4 is 45.2 Å². The smallest absolute Gasteiger partial charge is 0.205 e. The molecular formula is C4H6F2I2. The highest BCUT2D eigenvalue weighted by atomic mass is 127. The van der Waals surface area contributed by atoms with Gasteiger partial charge in [0.05, 0.1) is 0 Å². The Morgan fingerprint density at radius 1 is 1.12 bits per heavy atom. The van der Waals surface area contributed by atoms with Crippen LogP contribution in [0, 0.1) is 0 Å². The predicted molar refractivity (Wildman–Crippen MR) is 47.1 cm³/mol. The number of rotatable bonds is 1. The van der Waals surface area contributed by atoms with E-state index in [4.69, 9.17) is 0 Å². The molecule has 0 aliphatic carbocycles. The highest BCUT2D eigenvalue weighted by Gasteiger charge is 2.41. The van der Waals surface area contributed by atoms with E-state index in [0.717, 1.165) is 6.92 Å². The molecule has 0 unspecified atom stereocenters. The van der Waals surface area contributed by atoms with Gasteiger partial charge in [-0.15, -0.1) is 0 Å². The van der Waals surface area contributed by atoms with Crippen molar-refractivity contribution in [3.05, 3.63) is 0 Å². The lowest BCUT2D eigenvalue weighted by molar-refractivity contribution is 0.0241. The molecule has 0 saturated carbocycles. The summed E-state index contributed by atoms with van der Waals surface area (Å²) in [6.45, 7) is 2.42. The second kappa shape index (κ2) is 2.51. The van der Waals surface area contributed by atoms with Crippen molar-refractivity contribution in [2.24, 2.45) is 0 Å². The third kappa shape index (κ3) is 2.75. The monoisotopic (exact) mass is 346 g/mol. The molecule has 0 spiro atoms. The first kappa shape index (κ1) is 9.32. The molecule has 0 nitrogen and oxygen atoms in total. The van der Waals surface area contributed by atoms with Gasteiger partial charge in [-0.05, 0) is 6.92 Å². The minimum atomic E-state index is -2.59. The molecule has 0 bridgehead atoms. The van der Waals surface area contributed by atoms with Crippen molar-refractivity contribution in [1.29, 1.82) is 0 Å². The maximum absolute atomic E-state index is 12.2. The Morgan fingerprint density at radius 2 is 1.25 bits per heavy atom. The summed E-state index contributed by atoms with van der Waals surface area (Å²) in [4.78, 5) is 0. The molecule has 0 fully saturated rings. The Hall–Kier alpha value is 1.32. The molecule has 0 atom stereocenters. The van der Waals surface area contributed by atoms with Crippen LogP contribution in [-0.2, 0) is 0 Å². The molecule has 0 aromatic carbocycles. The molecule has 0 aliphatic rings. The van der Waals surface area contributed by atoms with Crippen LogP contribution in [0.5, 0.6) is 0 Å². The Balaban J connectivity index is 4.02. The third-order valence-electron chi connectivity index (χ3n) is 0.771. The maximum Gasteiger partial charge on any atom is 0.268 e. The Kier molecular flexibility index (Phi) is 2.93. The average Bonchev–Trinajstić information content (AvgIpc) is 1.25. The van der Waals surface area contributed by atoms with Gasteiger partial charge >= 0.3 is 0 Å². The Morgan fingerprint density at radius 3 is 1.25 bits per heavy atom. The molecule has 0 aromatic rings.